The molecule has 0 heterocycles. The number of nitrogens with one attached hydrogen (secondary N) is 1. The molecular formula is C5H12NO3U-. The van der Waals surface area contributed by atoms with Gasteiger partial charge in [0.15, 0.2) is 0 Å². The second-order valence-electron chi connectivity index (χ2n) is 2.50. The van der Waals surface area contributed by atoms with Crippen LogP contribution in [0.4, 0.5) is 4.79 Å². The van der Waals surface area contributed by atoms with E-state index in [2.05, 4.69) is 4.74 Å². The normalized spacial score (nSPS) is 8.70. The largest absolute Gasteiger partial charge is 0.632 e. The van der Waals surface area contributed by atoms with E-state index in [1.54, 1.807) is 20.8 Å². The third-order valence-electron chi connectivity index (χ3n) is 0.399. The Kier molecular flexibility index (Phi) is 10.1. The van der Waals surface area contributed by atoms with E-state index in [4.69, 9.17) is 5.73 Å². The summed E-state index contributed by atoms with van der Waals surface area (Å²) >= 11 is 0. The van der Waals surface area contributed by atoms with E-state index in [0.29, 0.717) is 0 Å². The van der Waals surface area contributed by atoms with Gasteiger partial charge in [-0.3, -0.25) is 4.79 Å². The molecule has 0 aromatic carbocycles. The molecule has 0 saturated heterocycles. The Balaban J connectivity index is -0.000000245. The molecule has 0 unspecified atom stereocenters. The van der Waals surface area contributed by atoms with Gasteiger partial charge >= 0.3 is 0 Å². The van der Waals surface area contributed by atoms with Gasteiger partial charge in [0.05, 0.1) is 0 Å². The molecule has 0 fully saturated rings. The first-order chi connectivity index (χ1) is 3.42. The third-order valence-corrected chi connectivity index (χ3v) is 0.399. The number of carbonyl (C=O) groups excluding carboxylic acids is 1. The van der Waals surface area contributed by atoms with Crippen molar-refractivity contribution < 1.29 is 46.1 Å². The molecule has 0 aromatic heterocycles. The first-order valence-electron chi connectivity index (χ1n) is 2.36. The summed E-state index contributed by atoms with van der Waals surface area (Å²) < 4.78 is 4.47. The third kappa shape index (κ3) is 15.7. The first kappa shape index (κ1) is 16.7. The number of hydrogen-bond acceptors (Lipinski definition) is 2. The molecule has 60 valence electrons. The van der Waals surface area contributed by atoms with Crippen LogP contribution >= 0.6 is 0 Å². The molecule has 0 bridgehead atoms. The number of amides is 1. The van der Waals surface area contributed by atoms with Crippen LogP contribution in [0.25, 0.3) is 5.73 Å². The van der Waals surface area contributed by atoms with E-state index < -0.39 is 11.7 Å². The zero-order chi connectivity index (χ0) is 6.78. The second-order valence-corrected chi connectivity index (χ2v) is 2.50. The first-order valence-corrected chi connectivity index (χ1v) is 2.36. The quantitative estimate of drug-likeness (QED) is 0.639. The van der Waals surface area contributed by atoms with Gasteiger partial charge in [-0.2, -0.15) is 0 Å². The molecule has 0 aliphatic rings. The summed E-state index contributed by atoms with van der Waals surface area (Å²) in [6, 6.07) is 0. The molecule has 0 spiro atoms. The average Bonchev–Trinajstić information content (AvgIpc) is 1.21. The molecule has 4 nitrogen and oxygen atoms in total. The molecule has 1 amide bonds. The maximum Gasteiger partial charge on any atom is 0.227 e. The molecule has 5 heteroatoms. The van der Waals surface area contributed by atoms with Crippen LogP contribution in [0.2, 0.25) is 0 Å². The zero-order valence-corrected chi connectivity index (χ0v) is 10.5. The summed E-state index contributed by atoms with van der Waals surface area (Å²) in [7, 11) is 0. The summed E-state index contributed by atoms with van der Waals surface area (Å²) in [5.41, 5.74) is 5.86. The summed E-state index contributed by atoms with van der Waals surface area (Å²) in [6.45, 7) is 5.16. The smallest absolute Gasteiger partial charge is 0.227 e. The molecular weight excluding hydrogens is 360 g/mol. The van der Waals surface area contributed by atoms with Crippen molar-refractivity contribution >= 4 is 6.09 Å². The van der Waals surface area contributed by atoms with Crippen molar-refractivity contribution in [3.8, 4) is 0 Å². The number of rotatable bonds is 0. The predicted molar refractivity (Wildman–Crippen MR) is 34.2 cm³/mol. The number of carbonyl (C=O) groups is 1. The predicted octanol–water partition coefficient (Wildman–Crippen LogP) is 1.15. The van der Waals surface area contributed by atoms with Crippen molar-refractivity contribution in [1.29, 1.82) is 0 Å². The monoisotopic (exact) mass is 372 g/mol. The zero-order valence-electron chi connectivity index (χ0n) is 6.32. The second kappa shape index (κ2) is 6.02. The molecule has 0 aliphatic carbocycles. The Labute approximate surface area is 84.2 Å². The van der Waals surface area contributed by atoms with E-state index in [9.17, 15) is 4.79 Å². The minimum absolute atomic E-state index is 0. The fraction of sp³-hybridized carbons (Fsp3) is 0.800. The summed E-state index contributed by atoms with van der Waals surface area (Å²) in [4.78, 5) is 9.90. The van der Waals surface area contributed by atoms with Crippen molar-refractivity contribution in [3.05, 3.63) is 5.73 Å². The van der Waals surface area contributed by atoms with Crippen LogP contribution in [0.15, 0.2) is 0 Å². The van der Waals surface area contributed by atoms with Crippen molar-refractivity contribution in [2.24, 2.45) is 0 Å². The van der Waals surface area contributed by atoms with Crippen LogP contribution in [0.3, 0.4) is 0 Å². The van der Waals surface area contributed by atoms with Gasteiger partial charge in [-0.1, -0.05) is 0 Å². The van der Waals surface area contributed by atoms with Gasteiger partial charge < -0.3 is 15.9 Å². The van der Waals surface area contributed by atoms with Crippen molar-refractivity contribution in [1.82, 2.24) is 0 Å². The minimum atomic E-state index is -0.975. The SMILES string of the molecule is CC(C)(C)OC([NH-])=O.O.[U]. The Hall–Kier alpha value is 0.282. The van der Waals surface area contributed by atoms with Gasteiger partial charge in [0.1, 0.15) is 5.60 Å². The van der Waals surface area contributed by atoms with Crippen LogP contribution in [0, 0.1) is 31.1 Å². The van der Waals surface area contributed by atoms with E-state index >= 15 is 0 Å². The maximum atomic E-state index is 9.90. The fourth-order valence-corrected chi connectivity index (χ4v) is 0.278. The van der Waals surface area contributed by atoms with Gasteiger partial charge in [-0.15, -0.1) is 0 Å². The summed E-state index contributed by atoms with van der Waals surface area (Å²) in [5.74, 6) is 0. The van der Waals surface area contributed by atoms with Crippen molar-refractivity contribution in [2.75, 3.05) is 0 Å². The molecule has 0 atom stereocenters. The molecule has 0 rings (SSSR count). The number of ether oxygens (including phenoxy) is 1. The van der Waals surface area contributed by atoms with Gasteiger partial charge in [0.25, 0.3) is 0 Å². The van der Waals surface area contributed by atoms with Crippen LogP contribution in [-0.2, 0) is 4.74 Å². The van der Waals surface area contributed by atoms with Crippen LogP contribution in [0.5, 0.6) is 0 Å². The van der Waals surface area contributed by atoms with E-state index in [1.807, 2.05) is 0 Å². The summed E-state index contributed by atoms with van der Waals surface area (Å²) in [5, 5.41) is 0. The van der Waals surface area contributed by atoms with Crippen molar-refractivity contribution in [2.45, 2.75) is 26.4 Å². The molecule has 0 saturated carbocycles. The molecule has 0 aromatic rings. The molecule has 0 aliphatic heterocycles. The van der Waals surface area contributed by atoms with Crippen LogP contribution in [0.1, 0.15) is 20.8 Å². The van der Waals surface area contributed by atoms with Crippen LogP contribution in [-0.4, -0.2) is 17.2 Å². The topological polar surface area (TPSA) is 81.6 Å². The standard InChI is InChI=1S/C5H11NO2.H2O.U/c1-5(2,3)8-4(6)7;;/h1-3H3,(H2,6,7);1H2;/p-1. The Morgan fingerprint density at radius 2 is 1.70 bits per heavy atom. The van der Waals surface area contributed by atoms with Crippen LogP contribution < -0.4 is 0 Å². The van der Waals surface area contributed by atoms with Gasteiger partial charge in [-0.05, 0) is 20.8 Å². The Morgan fingerprint density at radius 1 is 1.40 bits per heavy atom. The van der Waals surface area contributed by atoms with Crippen molar-refractivity contribution in [3.63, 3.8) is 0 Å². The minimum Gasteiger partial charge on any atom is -0.632 e. The maximum absolute atomic E-state index is 9.90. The van der Waals surface area contributed by atoms with E-state index in [0.717, 1.165) is 0 Å². The number of hydrogen-bond donors (Lipinski definition) is 0. The van der Waals surface area contributed by atoms with E-state index in [1.165, 1.54) is 0 Å². The van der Waals surface area contributed by atoms with Gasteiger partial charge in [0.2, 0.25) is 6.09 Å². The Bertz CT molecular complexity index is 99.6. The molecule has 10 heavy (non-hydrogen) atoms. The van der Waals surface area contributed by atoms with Gasteiger partial charge in [-0.25, -0.2) is 0 Å². The Morgan fingerprint density at radius 3 is 1.70 bits per heavy atom. The summed E-state index contributed by atoms with van der Waals surface area (Å²) in [6.07, 6.45) is -0.975. The fourth-order valence-electron chi connectivity index (χ4n) is 0.278. The van der Waals surface area contributed by atoms with E-state index in [-0.39, 0.29) is 36.6 Å². The molecule has 3 N–H and O–H groups in total. The van der Waals surface area contributed by atoms with Gasteiger partial charge in [0, 0.05) is 31.1 Å². The molecule has 0 radical (unpaired) electrons. The average molecular weight is 372 g/mol.